The number of nitrogens with zero attached hydrogens (tertiary/aromatic N) is 3. The van der Waals surface area contributed by atoms with Gasteiger partial charge < -0.3 is 11.1 Å². The number of amides is 1. The Balaban J connectivity index is 2.03. The Labute approximate surface area is 117 Å². The lowest BCUT2D eigenvalue weighted by atomic mass is 10.2. The molecule has 1 aromatic carbocycles. The fourth-order valence-electron chi connectivity index (χ4n) is 1.64. The Hall–Kier alpha value is -2.42. The van der Waals surface area contributed by atoms with Crippen LogP contribution in [0.3, 0.4) is 0 Å². The van der Waals surface area contributed by atoms with E-state index < -0.39 is 29.0 Å². The number of hydrogen-bond donors (Lipinski definition) is 2. The van der Waals surface area contributed by atoms with Crippen LogP contribution in [0.15, 0.2) is 18.3 Å². The molecular weight excluding hydrogens is 287 g/mol. The fourth-order valence-corrected chi connectivity index (χ4v) is 1.64. The number of benzene rings is 1. The molecule has 1 aromatic heterocycles. The predicted octanol–water partition coefficient (Wildman–Crippen LogP) is 0.835. The predicted molar refractivity (Wildman–Crippen MR) is 67.7 cm³/mol. The molecule has 0 spiro atoms. The van der Waals surface area contributed by atoms with E-state index in [0.29, 0.717) is 18.7 Å². The van der Waals surface area contributed by atoms with Crippen molar-refractivity contribution < 1.29 is 18.0 Å². The Morgan fingerprint density at radius 2 is 2.05 bits per heavy atom. The number of nitrogens with two attached hydrogens (primary N) is 1. The highest BCUT2D eigenvalue weighted by Crippen LogP contribution is 2.19. The van der Waals surface area contributed by atoms with Crippen molar-refractivity contribution in [3.8, 4) is 0 Å². The fraction of sp³-hybridized carbons (Fsp3) is 0.250. The van der Waals surface area contributed by atoms with Crippen LogP contribution in [-0.4, -0.2) is 27.4 Å². The molecule has 0 aliphatic heterocycles. The Bertz CT molecular complexity index is 658. The number of carbonyl (C=O) groups is 1. The Kier molecular flexibility index (Phi) is 4.53. The number of carbonyl (C=O) groups excluding carboxylic acids is 1. The van der Waals surface area contributed by atoms with Crippen LogP contribution in [0.4, 0.5) is 18.9 Å². The molecule has 2 rings (SSSR count). The molecule has 0 fully saturated rings. The van der Waals surface area contributed by atoms with Gasteiger partial charge in [-0.3, -0.25) is 4.79 Å². The summed E-state index contributed by atoms with van der Waals surface area (Å²) in [6.07, 6.45) is 2.04. The first-order valence-corrected chi connectivity index (χ1v) is 6.03. The van der Waals surface area contributed by atoms with Gasteiger partial charge in [0.1, 0.15) is 6.54 Å². The van der Waals surface area contributed by atoms with Gasteiger partial charge in [-0.2, -0.15) is 0 Å². The summed E-state index contributed by atoms with van der Waals surface area (Å²) < 4.78 is 40.4. The van der Waals surface area contributed by atoms with Crippen molar-refractivity contribution in [1.29, 1.82) is 0 Å². The zero-order chi connectivity index (χ0) is 15.4. The van der Waals surface area contributed by atoms with Crippen molar-refractivity contribution in [2.24, 2.45) is 5.73 Å². The van der Waals surface area contributed by atoms with Gasteiger partial charge in [0, 0.05) is 12.6 Å². The van der Waals surface area contributed by atoms with E-state index in [-0.39, 0.29) is 6.54 Å². The van der Waals surface area contributed by atoms with Crippen molar-refractivity contribution in [3.05, 3.63) is 41.5 Å². The molecule has 0 aliphatic carbocycles. The normalized spacial score (nSPS) is 10.7. The first-order chi connectivity index (χ1) is 10.0. The standard InChI is InChI=1S/C12H12F3N5O/c13-8-1-2-9(12(15)11(8)14)17-10(21)6-20-5-7(3-4-16)18-19-20/h1-2,5H,3-4,6,16H2,(H,17,21). The summed E-state index contributed by atoms with van der Waals surface area (Å²) in [6, 6.07) is 1.66. The first-order valence-electron chi connectivity index (χ1n) is 6.03. The average molecular weight is 299 g/mol. The van der Waals surface area contributed by atoms with Crippen molar-refractivity contribution in [1.82, 2.24) is 15.0 Å². The van der Waals surface area contributed by atoms with E-state index in [1.54, 1.807) is 0 Å². The molecule has 0 bridgehead atoms. The van der Waals surface area contributed by atoms with Gasteiger partial charge in [-0.1, -0.05) is 5.21 Å². The largest absolute Gasteiger partial charge is 0.330 e. The molecule has 0 saturated carbocycles. The number of rotatable bonds is 5. The number of nitrogens with one attached hydrogen (secondary N) is 1. The first kappa shape index (κ1) is 15.0. The Morgan fingerprint density at radius 1 is 1.29 bits per heavy atom. The summed E-state index contributed by atoms with van der Waals surface area (Å²) in [5.41, 5.74) is 5.52. The molecule has 1 amide bonds. The van der Waals surface area contributed by atoms with Crippen LogP contribution in [0.1, 0.15) is 5.69 Å². The molecule has 0 radical (unpaired) electrons. The topological polar surface area (TPSA) is 85.8 Å². The number of halogens is 3. The second-order valence-corrected chi connectivity index (χ2v) is 4.22. The van der Waals surface area contributed by atoms with E-state index >= 15 is 0 Å². The van der Waals surface area contributed by atoms with Crippen LogP contribution in [0.5, 0.6) is 0 Å². The van der Waals surface area contributed by atoms with E-state index in [0.717, 1.165) is 12.1 Å². The van der Waals surface area contributed by atoms with Crippen molar-refractivity contribution in [2.45, 2.75) is 13.0 Å². The molecule has 0 saturated heterocycles. The molecule has 2 aromatic rings. The lowest BCUT2D eigenvalue weighted by Gasteiger charge is -2.07. The minimum Gasteiger partial charge on any atom is -0.330 e. The molecule has 3 N–H and O–H groups in total. The maximum Gasteiger partial charge on any atom is 0.246 e. The van der Waals surface area contributed by atoms with Crippen LogP contribution < -0.4 is 11.1 Å². The van der Waals surface area contributed by atoms with E-state index in [4.69, 9.17) is 5.73 Å². The number of aromatic nitrogens is 3. The maximum atomic E-state index is 13.4. The van der Waals surface area contributed by atoms with Gasteiger partial charge >= 0.3 is 0 Å². The summed E-state index contributed by atoms with van der Waals surface area (Å²) in [5, 5.41) is 9.61. The Morgan fingerprint density at radius 3 is 2.76 bits per heavy atom. The van der Waals surface area contributed by atoms with Crippen molar-refractivity contribution in [3.63, 3.8) is 0 Å². The quantitative estimate of drug-likeness (QED) is 0.801. The van der Waals surface area contributed by atoms with Crippen LogP contribution in [0.2, 0.25) is 0 Å². The third kappa shape index (κ3) is 3.57. The molecule has 0 atom stereocenters. The van der Waals surface area contributed by atoms with Gasteiger partial charge in [-0.05, 0) is 18.7 Å². The molecule has 1 heterocycles. The van der Waals surface area contributed by atoms with E-state index in [2.05, 4.69) is 15.6 Å². The summed E-state index contributed by atoms with van der Waals surface area (Å²) in [7, 11) is 0. The summed E-state index contributed by atoms with van der Waals surface area (Å²) in [4.78, 5) is 11.7. The minimum atomic E-state index is -1.64. The third-order valence-corrected chi connectivity index (χ3v) is 2.60. The second kappa shape index (κ2) is 6.35. The molecule has 9 heteroatoms. The summed E-state index contributed by atoms with van der Waals surface area (Å²) >= 11 is 0. The van der Waals surface area contributed by atoms with Gasteiger partial charge in [-0.25, -0.2) is 17.9 Å². The van der Waals surface area contributed by atoms with E-state index in [1.807, 2.05) is 0 Å². The zero-order valence-electron chi connectivity index (χ0n) is 10.8. The minimum absolute atomic E-state index is 0.240. The molecule has 21 heavy (non-hydrogen) atoms. The van der Waals surface area contributed by atoms with Gasteiger partial charge in [0.2, 0.25) is 5.91 Å². The van der Waals surface area contributed by atoms with Crippen LogP contribution >= 0.6 is 0 Å². The average Bonchev–Trinajstić information content (AvgIpc) is 2.87. The highest BCUT2D eigenvalue weighted by molar-refractivity contribution is 5.90. The van der Waals surface area contributed by atoms with Crippen LogP contribution in [0.25, 0.3) is 0 Å². The number of anilines is 1. The maximum absolute atomic E-state index is 13.4. The monoisotopic (exact) mass is 299 g/mol. The van der Waals surface area contributed by atoms with Crippen LogP contribution in [0, 0.1) is 17.5 Å². The molecular formula is C12H12F3N5O. The SMILES string of the molecule is NCCc1cn(CC(=O)Nc2ccc(F)c(F)c2F)nn1. The van der Waals surface area contributed by atoms with Crippen LogP contribution in [-0.2, 0) is 17.8 Å². The van der Waals surface area contributed by atoms with Gasteiger partial charge in [0.15, 0.2) is 17.5 Å². The zero-order valence-corrected chi connectivity index (χ0v) is 10.8. The van der Waals surface area contributed by atoms with Gasteiger partial charge in [0.05, 0.1) is 11.4 Å². The third-order valence-electron chi connectivity index (χ3n) is 2.60. The van der Waals surface area contributed by atoms with Crippen molar-refractivity contribution >= 4 is 11.6 Å². The van der Waals surface area contributed by atoms with E-state index in [9.17, 15) is 18.0 Å². The lowest BCUT2D eigenvalue weighted by molar-refractivity contribution is -0.116. The second-order valence-electron chi connectivity index (χ2n) is 4.22. The molecule has 0 unspecified atom stereocenters. The molecule has 6 nitrogen and oxygen atoms in total. The highest BCUT2D eigenvalue weighted by Gasteiger charge is 2.15. The number of hydrogen-bond acceptors (Lipinski definition) is 4. The van der Waals surface area contributed by atoms with Crippen molar-refractivity contribution in [2.75, 3.05) is 11.9 Å². The smallest absolute Gasteiger partial charge is 0.246 e. The van der Waals surface area contributed by atoms with Gasteiger partial charge in [-0.15, -0.1) is 5.10 Å². The van der Waals surface area contributed by atoms with Gasteiger partial charge in [0.25, 0.3) is 0 Å². The van der Waals surface area contributed by atoms with E-state index in [1.165, 1.54) is 10.9 Å². The summed E-state index contributed by atoms with van der Waals surface area (Å²) in [5.74, 6) is -5.07. The lowest BCUT2D eigenvalue weighted by Crippen LogP contribution is -2.20. The molecule has 0 aliphatic rings. The highest BCUT2D eigenvalue weighted by atomic mass is 19.2. The molecule has 112 valence electrons. The summed E-state index contributed by atoms with van der Waals surface area (Å²) in [6.45, 7) is 0.154.